The Labute approximate surface area is 227 Å². The molecule has 1 unspecified atom stereocenters. The average Bonchev–Trinajstić information content (AvgIpc) is 3.29. The first-order valence-corrected chi connectivity index (χ1v) is 13.7. The van der Waals surface area contributed by atoms with Gasteiger partial charge in [0.1, 0.15) is 5.56 Å². The smallest absolute Gasteiger partial charge is 0.261 e. The number of nitrogens with two attached hydrogens (primary N) is 1. The van der Waals surface area contributed by atoms with Crippen molar-refractivity contribution in [2.75, 3.05) is 10.6 Å². The number of benzene rings is 1. The Morgan fingerprint density at radius 3 is 2.72 bits per heavy atom. The van der Waals surface area contributed by atoms with Crippen LogP contribution in [0.5, 0.6) is 0 Å². The lowest BCUT2D eigenvalue weighted by molar-refractivity contribution is -0.115. The summed E-state index contributed by atoms with van der Waals surface area (Å²) in [6.45, 7) is 1.89. The van der Waals surface area contributed by atoms with E-state index in [9.17, 15) is 9.59 Å². The van der Waals surface area contributed by atoms with Gasteiger partial charge in [-0.2, -0.15) is 0 Å². The first-order chi connectivity index (χ1) is 19.0. The second-order valence-corrected chi connectivity index (χ2v) is 10.5. The van der Waals surface area contributed by atoms with Gasteiger partial charge in [-0.25, -0.2) is 9.50 Å². The van der Waals surface area contributed by atoms with Crippen molar-refractivity contribution in [2.45, 2.75) is 57.5 Å². The topological polar surface area (TPSA) is 118 Å². The van der Waals surface area contributed by atoms with Crippen LogP contribution in [-0.2, 0) is 4.79 Å². The van der Waals surface area contributed by atoms with Crippen LogP contribution in [0.25, 0.3) is 5.65 Å². The van der Waals surface area contributed by atoms with Gasteiger partial charge in [0.05, 0.1) is 6.04 Å². The van der Waals surface area contributed by atoms with E-state index in [1.165, 1.54) is 23.8 Å². The highest BCUT2D eigenvalue weighted by molar-refractivity contribution is 6.11. The van der Waals surface area contributed by atoms with Crippen LogP contribution in [0.1, 0.15) is 55.8 Å². The molecule has 2 aromatic heterocycles. The molecule has 2 atom stereocenters. The largest absolute Gasteiger partial charge is 0.382 e. The lowest BCUT2D eigenvalue weighted by Gasteiger charge is -2.39. The minimum Gasteiger partial charge on any atom is -0.382 e. The Morgan fingerprint density at radius 2 is 1.92 bits per heavy atom. The van der Waals surface area contributed by atoms with E-state index >= 15 is 0 Å². The molecule has 1 saturated carbocycles. The predicted octanol–water partition coefficient (Wildman–Crippen LogP) is 4.11. The SMILES string of the molecule is C[C@H](NC(=O)c1c(N)nn2cccnc12)C1=CC2CC=CC(NC3CCCCC3)=C2C(=O)N1c1ccccc1. The van der Waals surface area contributed by atoms with Crippen molar-refractivity contribution < 1.29 is 9.59 Å². The number of nitrogen functional groups attached to an aromatic ring is 1. The molecule has 0 radical (unpaired) electrons. The average molecular weight is 524 g/mol. The third kappa shape index (κ3) is 4.69. The highest BCUT2D eigenvalue weighted by Gasteiger charge is 2.38. The molecule has 1 fully saturated rings. The zero-order chi connectivity index (χ0) is 26.9. The van der Waals surface area contributed by atoms with E-state index in [0.717, 1.165) is 41.9 Å². The fourth-order valence-corrected chi connectivity index (χ4v) is 5.92. The molecule has 6 rings (SSSR count). The number of carbonyl (C=O) groups is 2. The molecule has 3 heterocycles. The van der Waals surface area contributed by atoms with Crippen molar-refractivity contribution >= 4 is 29.0 Å². The number of nitrogens with zero attached hydrogens (tertiary/aromatic N) is 4. The van der Waals surface area contributed by atoms with Crippen molar-refractivity contribution in [1.82, 2.24) is 25.2 Å². The van der Waals surface area contributed by atoms with Crippen LogP contribution in [0, 0.1) is 5.92 Å². The molecule has 1 aromatic carbocycles. The summed E-state index contributed by atoms with van der Waals surface area (Å²) in [5, 5.41) is 11.0. The number of carbonyl (C=O) groups excluding carboxylic acids is 2. The molecule has 200 valence electrons. The van der Waals surface area contributed by atoms with Crippen LogP contribution in [0.2, 0.25) is 0 Å². The highest BCUT2D eigenvalue weighted by Crippen LogP contribution is 2.38. The van der Waals surface area contributed by atoms with Gasteiger partial charge in [0.15, 0.2) is 11.5 Å². The van der Waals surface area contributed by atoms with Gasteiger partial charge in [-0.05, 0) is 50.5 Å². The van der Waals surface area contributed by atoms with Crippen LogP contribution in [0.3, 0.4) is 0 Å². The summed E-state index contributed by atoms with van der Waals surface area (Å²) in [5.74, 6) is -0.427. The number of allylic oxidation sites excluding steroid dienone is 3. The molecule has 4 N–H and O–H groups in total. The van der Waals surface area contributed by atoms with Gasteiger partial charge < -0.3 is 16.4 Å². The molecule has 39 heavy (non-hydrogen) atoms. The summed E-state index contributed by atoms with van der Waals surface area (Å²) < 4.78 is 1.49. The summed E-state index contributed by atoms with van der Waals surface area (Å²) in [6.07, 6.45) is 16.3. The van der Waals surface area contributed by atoms with Crippen molar-refractivity contribution in [3.63, 3.8) is 0 Å². The second kappa shape index (κ2) is 10.4. The molecular formula is C30H33N7O2. The van der Waals surface area contributed by atoms with Crippen LogP contribution in [0.15, 0.2) is 84.0 Å². The number of hydrogen-bond donors (Lipinski definition) is 3. The number of anilines is 2. The summed E-state index contributed by atoms with van der Waals surface area (Å²) >= 11 is 0. The summed E-state index contributed by atoms with van der Waals surface area (Å²) in [5.41, 5.74) is 9.88. The van der Waals surface area contributed by atoms with E-state index in [1.807, 2.05) is 37.3 Å². The Morgan fingerprint density at radius 1 is 1.13 bits per heavy atom. The van der Waals surface area contributed by atoms with Crippen molar-refractivity contribution in [1.29, 1.82) is 0 Å². The third-order valence-electron chi connectivity index (χ3n) is 7.82. The molecule has 1 aliphatic heterocycles. The maximum atomic E-state index is 14.3. The maximum absolute atomic E-state index is 14.3. The lowest BCUT2D eigenvalue weighted by Crippen LogP contribution is -2.47. The molecule has 9 heteroatoms. The van der Waals surface area contributed by atoms with E-state index in [1.54, 1.807) is 23.4 Å². The Balaban J connectivity index is 1.35. The molecule has 0 saturated heterocycles. The number of rotatable bonds is 6. The van der Waals surface area contributed by atoms with Gasteiger partial charge in [-0.1, -0.05) is 49.6 Å². The first-order valence-electron chi connectivity index (χ1n) is 13.7. The van der Waals surface area contributed by atoms with Gasteiger partial charge in [-0.15, -0.1) is 5.10 Å². The molecule has 0 spiro atoms. The van der Waals surface area contributed by atoms with E-state index in [4.69, 9.17) is 5.73 Å². The molecular weight excluding hydrogens is 490 g/mol. The standard InChI is InChI=1S/C30H33N7O2/c1-19(33-29(38)26-27(31)35-36-17-9-16-32-28(26)36)24-18-20-10-8-15-23(34-21-11-4-2-5-12-21)25(20)30(39)37(24)22-13-6-3-7-14-22/h3,6-9,13-21,34H,2,4-5,10-12H2,1H3,(H2,31,35)(H,33,38)/t19-,20?/m0/s1. The maximum Gasteiger partial charge on any atom is 0.261 e. The Kier molecular flexibility index (Phi) is 6.64. The Hall–Kier alpha value is -4.40. The molecule has 2 amide bonds. The van der Waals surface area contributed by atoms with Crippen LogP contribution in [0.4, 0.5) is 11.5 Å². The first kappa shape index (κ1) is 24.9. The predicted molar refractivity (Wildman–Crippen MR) is 151 cm³/mol. The number of fused-ring (bicyclic) bond motifs is 2. The van der Waals surface area contributed by atoms with Gasteiger partial charge >= 0.3 is 0 Å². The molecule has 0 bridgehead atoms. The van der Waals surface area contributed by atoms with Crippen molar-refractivity contribution in [3.05, 3.63) is 89.6 Å². The van der Waals surface area contributed by atoms with Gasteiger partial charge in [0.25, 0.3) is 11.8 Å². The van der Waals surface area contributed by atoms with Gasteiger partial charge in [0, 0.05) is 47.0 Å². The molecule has 3 aromatic rings. The van der Waals surface area contributed by atoms with E-state index in [-0.39, 0.29) is 29.1 Å². The minimum absolute atomic E-state index is 0.0652. The minimum atomic E-state index is -0.484. The number of aromatic nitrogens is 3. The number of para-hydroxylation sites is 1. The van der Waals surface area contributed by atoms with Crippen molar-refractivity contribution in [3.8, 4) is 0 Å². The summed E-state index contributed by atoms with van der Waals surface area (Å²) in [6, 6.07) is 11.2. The second-order valence-electron chi connectivity index (χ2n) is 10.5. The van der Waals surface area contributed by atoms with E-state index < -0.39 is 6.04 Å². The third-order valence-corrected chi connectivity index (χ3v) is 7.82. The number of hydrogen-bond acceptors (Lipinski definition) is 6. The number of amides is 2. The van der Waals surface area contributed by atoms with Crippen molar-refractivity contribution in [2.24, 2.45) is 5.92 Å². The molecule has 9 nitrogen and oxygen atoms in total. The summed E-state index contributed by atoms with van der Waals surface area (Å²) in [4.78, 5) is 33.7. The quantitative estimate of drug-likeness (QED) is 0.448. The Bertz CT molecular complexity index is 1500. The molecule has 2 aliphatic carbocycles. The normalized spacial score (nSPS) is 20.5. The monoisotopic (exact) mass is 523 g/mol. The van der Waals surface area contributed by atoms with E-state index in [0.29, 0.717) is 11.7 Å². The molecule has 3 aliphatic rings. The van der Waals surface area contributed by atoms with Crippen LogP contribution < -0.4 is 21.3 Å². The lowest BCUT2D eigenvalue weighted by atomic mass is 9.83. The zero-order valence-electron chi connectivity index (χ0n) is 22.0. The van der Waals surface area contributed by atoms with Gasteiger partial charge in [0.2, 0.25) is 0 Å². The van der Waals surface area contributed by atoms with E-state index in [2.05, 4.69) is 38.9 Å². The van der Waals surface area contributed by atoms with Crippen LogP contribution in [-0.4, -0.2) is 38.5 Å². The van der Waals surface area contributed by atoms with Crippen LogP contribution >= 0.6 is 0 Å². The fourth-order valence-electron chi connectivity index (χ4n) is 5.92. The number of nitrogens with one attached hydrogen (secondary N) is 2. The zero-order valence-corrected chi connectivity index (χ0v) is 22.0. The summed E-state index contributed by atoms with van der Waals surface area (Å²) in [7, 11) is 0. The van der Waals surface area contributed by atoms with Gasteiger partial charge in [-0.3, -0.25) is 14.5 Å². The fraction of sp³-hybridized carbons (Fsp3) is 0.333. The highest BCUT2D eigenvalue weighted by atomic mass is 16.2.